The minimum atomic E-state index is -0.243. The molecule has 1 aromatic heterocycles. The van der Waals surface area contributed by atoms with Crippen molar-refractivity contribution >= 4 is 21.6 Å². The van der Waals surface area contributed by atoms with Crippen molar-refractivity contribution in [1.82, 2.24) is 9.78 Å². The van der Waals surface area contributed by atoms with E-state index < -0.39 is 0 Å². The molecule has 0 aliphatic rings. The lowest BCUT2D eigenvalue weighted by molar-refractivity contribution is 0.0765. The quantitative estimate of drug-likeness (QED) is 0.663. The van der Waals surface area contributed by atoms with E-state index in [-0.39, 0.29) is 24.8 Å². The summed E-state index contributed by atoms with van der Waals surface area (Å²) in [4.78, 5) is 11.9. The highest BCUT2D eigenvalue weighted by molar-refractivity contribution is 9.10. The number of anilines is 1. The van der Waals surface area contributed by atoms with Crippen LogP contribution in [0.15, 0.2) is 15.5 Å². The number of aliphatic hydroxyl groups is 1. The predicted octanol–water partition coefficient (Wildman–Crippen LogP) is 1.62. The number of aliphatic hydroxyl groups excluding tert-OH is 1. The molecule has 0 aliphatic heterocycles. The lowest BCUT2D eigenvalue weighted by Gasteiger charge is -2.10. The van der Waals surface area contributed by atoms with Crippen LogP contribution in [-0.4, -0.2) is 40.7 Å². The summed E-state index contributed by atoms with van der Waals surface area (Å²) in [6, 6.07) is 0. The first-order valence-electron chi connectivity index (χ1n) is 6.78. The minimum Gasteiger partial charge on any atom is -0.394 e. The van der Waals surface area contributed by atoms with E-state index in [9.17, 15) is 4.79 Å². The highest BCUT2D eigenvalue weighted by Crippen LogP contribution is 2.16. The topological polar surface area (TPSA) is 76.4 Å². The van der Waals surface area contributed by atoms with Gasteiger partial charge < -0.3 is 15.2 Å². The van der Waals surface area contributed by atoms with Crippen molar-refractivity contribution in [1.29, 1.82) is 0 Å². The second-order valence-electron chi connectivity index (χ2n) is 4.68. The van der Waals surface area contributed by atoms with Crippen LogP contribution in [0.1, 0.15) is 26.7 Å². The van der Waals surface area contributed by atoms with Crippen LogP contribution in [0.2, 0.25) is 0 Å². The lowest BCUT2D eigenvalue weighted by atomic mass is 10.3. The molecule has 0 amide bonds. The average molecular weight is 348 g/mol. The third-order valence-electron chi connectivity index (χ3n) is 2.63. The molecule has 1 rings (SSSR count). The molecule has 0 saturated heterocycles. The fraction of sp³-hybridized carbons (Fsp3) is 0.692. The van der Waals surface area contributed by atoms with Crippen molar-refractivity contribution in [3.8, 4) is 0 Å². The molecular weight excluding hydrogens is 326 g/mol. The van der Waals surface area contributed by atoms with Gasteiger partial charge in [0.2, 0.25) is 0 Å². The Labute approximate surface area is 127 Å². The Hall–Kier alpha value is -0.920. The van der Waals surface area contributed by atoms with Crippen LogP contribution < -0.4 is 10.9 Å². The van der Waals surface area contributed by atoms with Gasteiger partial charge in [0.05, 0.1) is 31.1 Å². The number of nitrogens with one attached hydrogen (secondary N) is 1. The van der Waals surface area contributed by atoms with Gasteiger partial charge in [-0.1, -0.05) is 0 Å². The summed E-state index contributed by atoms with van der Waals surface area (Å²) < 4.78 is 7.12. The van der Waals surface area contributed by atoms with Crippen LogP contribution >= 0.6 is 15.9 Å². The molecule has 1 heterocycles. The van der Waals surface area contributed by atoms with Crippen molar-refractivity contribution in [2.75, 3.05) is 25.1 Å². The molecule has 0 saturated carbocycles. The normalized spacial score (nSPS) is 11.1. The number of aromatic nitrogens is 2. The number of nitrogens with zero attached hydrogens (tertiary/aromatic N) is 2. The SMILES string of the molecule is CC(C)OCCCCNc1cnn(CCO)c(=O)c1Br. The molecule has 0 bridgehead atoms. The van der Waals surface area contributed by atoms with Gasteiger partial charge >= 0.3 is 0 Å². The second kappa shape index (κ2) is 9.10. The Morgan fingerprint density at radius 3 is 2.90 bits per heavy atom. The maximum Gasteiger partial charge on any atom is 0.283 e. The van der Waals surface area contributed by atoms with E-state index in [0.29, 0.717) is 10.2 Å². The van der Waals surface area contributed by atoms with Crippen LogP contribution in [0.4, 0.5) is 5.69 Å². The van der Waals surface area contributed by atoms with E-state index in [0.717, 1.165) is 26.0 Å². The van der Waals surface area contributed by atoms with Crippen molar-refractivity contribution in [2.24, 2.45) is 0 Å². The van der Waals surface area contributed by atoms with Gasteiger partial charge in [-0.3, -0.25) is 4.79 Å². The van der Waals surface area contributed by atoms with Crippen molar-refractivity contribution in [3.05, 3.63) is 21.0 Å². The van der Waals surface area contributed by atoms with Gasteiger partial charge in [0.1, 0.15) is 4.47 Å². The number of halogens is 1. The van der Waals surface area contributed by atoms with Gasteiger partial charge in [0.15, 0.2) is 0 Å². The molecule has 0 aliphatic carbocycles. The average Bonchev–Trinajstić information content (AvgIpc) is 2.41. The summed E-state index contributed by atoms with van der Waals surface area (Å²) in [6.07, 6.45) is 3.78. The highest BCUT2D eigenvalue weighted by Gasteiger charge is 2.07. The molecule has 0 fully saturated rings. The molecule has 0 atom stereocenters. The summed E-state index contributed by atoms with van der Waals surface area (Å²) in [7, 11) is 0. The number of hydrogen-bond acceptors (Lipinski definition) is 5. The first-order valence-corrected chi connectivity index (χ1v) is 7.57. The highest BCUT2D eigenvalue weighted by atomic mass is 79.9. The van der Waals surface area contributed by atoms with Crippen molar-refractivity contribution in [3.63, 3.8) is 0 Å². The first-order chi connectivity index (χ1) is 9.56. The molecule has 1 aromatic rings. The zero-order valence-corrected chi connectivity index (χ0v) is 13.5. The molecular formula is C13H22BrN3O3. The molecule has 20 heavy (non-hydrogen) atoms. The van der Waals surface area contributed by atoms with Gasteiger partial charge in [-0.15, -0.1) is 0 Å². The zero-order valence-electron chi connectivity index (χ0n) is 11.9. The Balaban J connectivity index is 2.41. The smallest absolute Gasteiger partial charge is 0.283 e. The Morgan fingerprint density at radius 1 is 1.50 bits per heavy atom. The fourth-order valence-electron chi connectivity index (χ4n) is 1.61. The Morgan fingerprint density at radius 2 is 2.25 bits per heavy atom. The van der Waals surface area contributed by atoms with Gasteiger partial charge in [-0.2, -0.15) is 5.10 Å². The van der Waals surface area contributed by atoms with E-state index in [4.69, 9.17) is 9.84 Å². The molecule has 0 unspecified atom stereocenters. The van der Waals surface area contributed by atoms with Crippen LogP contribution in [0, 0.1) is 0 Å². The maximum atomic E-state index is 11.9. The van der Waals surface area contributed by atoms with Gasteiger partial charge in [-0.05, 0) is 42.6 Å². The van der Waals surface area contributed by atoms with E-state index in [1.807, 2.05) is 13.8 Å². The number of ether oxygens (including phenoxy) is 1. The number of rotatable bonds is 9. The molecule has 7 heteroatoms. The number of unbranched alkanes of at least 4 members (excludes halogenated alkanes) is 1. The monoisotopic (exact) mass is 347 g/mol. The van der Waals surface area contributed by atoms with Gasteiger partial charge in [0.25, 0.3) is 5.56 Å². The first kappa shape index (κ1) is 17.1. The van der Waals surface area contributed by atoms with E-state index >= 15 is 0 Å². The van der Waals surface area contributed by atoms with Gasteiger partial charge in [-0.25, -0.2) is 4.68 Å². The van der Waals surface area contributed by atoms with Crippen molar-refractivity contribution in [2.45, 2.75) is 39.3 Å². The van der Waals surface area contributed by atoms with E-state index in [1.165, 1.54) is 4.68 Å². The third kappa shape index (κ3) is 5.60. The van der Waals surface area contributed by atoms with Gasteiger partial charge in [0, 0.05) is 13.2 Å². The molecule has 0 radical (unpaired) electrons. The summed E-state index contributed by atoms with van der Waals surface area (Å²) in [5.41, 5.74) is 0.432. The Kier molecular flexibility index (Phi) is 7.79. The lowest BCUT2D eigenvalue weighted by Crippen LogP contribution is -2.26. The summed E-state index contributed by atoms with van der Waals surface area (Å²) in [6.45, 7) is 5.62. The third-order valence-corrected chi connectivity index (χ3v) is 3.40. The minimum absolute atomic E-state index is 0.109. The Bertz CT molecular complexity index is 463. The van der Waals surface area contributed by atoms with Crippen LogP contribution in [0.5, 0.6) is 0 Å². The van der Waals surface area contributed by atoms with E-state index in [1.54, 1.807) is 6.20 Å². The summed E-state index contributed by atoms with van der Waals surface area (Å²) in [5.74, 6) is 0. The molecule has 0 spiro atoms. The molecule has 2 N–H and O–H groups in total. The van der Waals surface area contributed by atoms with Crippen LogP contribution in [0.25, 0.3) is 0 Å². The van der Waals surface area contributed by atoms with Crippen LogP contribution in [0.3, 0.4) is 0 Å². The maximum absolute atomic E-state index is 11.9. The van der Waals surface area contributed by atoms with Crippen LogP contribution in [-0.2, 0) is 11.3 Å². The van der Waals surface area contributed by atoms with E-state index in [2.05, 4.69) is 26.3 Å². The molecule has 0 aromatic carbocycles. The fourth-order valence-corrected chi connectivity index (χ4v) is 2.06. The molecule has 114 valence electrons. The largest absolute Gasteiger partial charge is 0.394 e. The zero-order chi connectivity index (χ0) is 15.0. The molecule has 6 nitrogen and oxygen atoms in total. The predicted molar refractivity (Wildman–Crippen MR) is 82.1 cm³/mol. The summed E-state index contributed by atoms with van der Waals surface area (Å²) in [5, 5.41) is 16.0. The second-order valence-corrected chi connectivity index (χ2v) is 5.47. The van der Waals surface area contributed by atoms with Crippen molar-refractivity contribution < 1.29 is 9.84 Å². The number of hydrogen-bond donors (Lipinski definition) is 2. The standard InChI is InChI=1S/C13H22BrN3O3/c1-10(2)20-8-4-3-5-15-11-9-16-17(6-7-18)13(19)12(11)14/h9-10,15,18H,3-8H2,1-2H3. The summed E-state index contributed by atoms with van der Waals surface area (Å²) >= 11 is 3.26.